The first-order valence-corrected chi connectivity index (χ1v) is 6.08. The summed E-state index contributed by atoms with van der Waals surface area (Å²) in [6.45, 7) is 3.66. The van der Waals surface area contributed by atoms with Gasteiger partial charge in [-0.15, -0.1) is 12.4 Å². The van der Waals surface area contributed by atoms with Crippen LogP contribution < -0.4 is 5.32 Å². The number of hydrogen-bond donors (Lipinski definition) is 1. The third-order valence-electron chi connectivity index (χ3n) is 2.93. The highest BCUT2D eigenvalue weighted by molar-refractivity contribution is 5.85. The molecule has 0 aliphatic carbocycles. The minimum atomic E-state index is 0. The van der Waals surface area contributed by atoms with Crippen LogP contribution in [-0.2, 0) is 4.79 Å². The molecule has 1 unspecified atom stereocenters. The van der Waals surface area contributed by atoms with E-state index in [1.807, 2.05) is 37.2 Å². The summed E-state index contributed by atoms with van der Waals surface area (Å²) in [5.41, 5.74) is 1.28. The van der Waals surface area contributed by atoms with Crippen LogP contribution >= 0.6 is 12.4 Å². The Morgan fingerprint density at radius 1 is 1.33 bits per heavy atom. The Hall–Kier alpha value is -1.06. The molecule has 0 aliphatic rings. The molecule has 0 fully saturated rings. The van der Waals surface area contributed by atoms with Gasteiger partial charge in [-0.05, 0) is 18.5 Å². The molecule has 1 N–H and O–H groups in total. The topological polar surface area (TPSA) is 32.3 Å². The molecule has 0 saturated carbocycles. The standard InChI is InChI=1S/C14H22N2O.ClH/c1-12(13-7-5-4-6-8-13)11-16(3)14(17)9-10-15-2;/h4-8,12,15H,9-11H2,1-3H3;1H. The second-order valence-corrected chi connectivity index (χ2v) is 4.44. The monoisotopic (exact) mass is 270 g/mol. The quantitative estimate of drug-likeness (QED) is 0.860. The summed E-state index contributed by atoms with van der Waals surface area (Å²) in [4.78, 5) is 13.6. The van der Waals surface area contributed by atoms with Crippen LogP contribution in [0.25, 0.3) is 0 Å². The van der Waals surface area contributed by atoms with Gasteiger partial charge in [-0.25, -0.2) is 0 Å². The molecule has 0 aromatic heterocycles. The first-order chi connectivity index (χ1) is 8.15. The van der Waals surface area contributed by atoms with Crippen LogP contribution in [0.2, 0.25) is 0 Å². The third-order valence-corrected chi connectivity index (χ3v) is 2.93. The molecule has 3 nitrogen and oxygen atoms in total. The van der Waals surface area contributed by atoms with Gasteiger partial charge in [0, 0.05) is 26.6 Å². The zero-order valence-corrected chi connectivity index (χ0v) is 12.2. The summed E-state index contributed by atoms with van der Waals surface area (Å²) in [6, 6.07) is 10.3. The number of nitrogens with one attached hydrogen (secondary N) is 1. The van der Waals surface area contributed by atoms with Gasteiger partial charge >= 0.3 is 0 Å². The van der Waals surface area contributed by atoms with Crippen molar-refractivity contribution in [3.05, 3.63) is 35.9 Å². The summed E-state index contributed by atoms with van der Waals surface area (Å²) >= 11 is 0. The Labute approximate surface area is 116 Å². The fourth-order valence-electron chi connectivity index (χ4n) is 1.82. The Kier molecular flexibility index (Phi) is 8.42. The van der Waals surface area contributed by atoms with Crippen LogP contribution in [0.3, 0.4) is 0 Å². The number of carbonyl (C=O) groups is 1. The molecule has 0 heterocycles. The fourth-order valence-corrected chi connectivity index (χ4v) is 1.82. The van der Waals surface area contributed by atoms with Gasteiger partial charge < -0.3 is 10.2 Å². The number of nitrogens with zero attached hydrogens (tertiary/aromatic N) is 1. The number of benzene rings is 1. The van der Waals surface area contributed by atoms with Gasteiger partial charge in [-0.1, -0.05) is 37.3 Å². The maximum absolute atomic E-state index is 11.8. The Bertz CT molecular complexity index is 343. The van der Waals surface area contributed by atoms with Crippen molar-refractivity contribution in [1.29, 1.82) is 0 Å². The lowest BCUT2D eigenvalue weighted by Crippen LogP contribution is -2.32. The van der Waals surface area contributed by atoms with Crippen molar-refractivity contribution in [3.63, 3.8) is 0 Å². The molecular formula is C14H23ClN2O. The fraction of sp³-hybridized carbons (Fsp3) is 0.500. The van der Waals surface area contributed by atoms with Gasteiger partial charge in [0.2, 0.25) is 5.91 Å². The lowest BCUT2D eigenvalue weighted by Gasteiger charge is -2.22. The van der Waals surface area contributed by atoms with Gasteiger partial charge in [-0.3, -0.25) is 4.79 Å². The smallest absolute Gasteiger partial charge is 0.223 e. The number of hydrogen-bond acceptors (Lipinski definition) is 2. The molecule has 4 heteroatoms. The molecule has 0 spiro atoms. The predicted octanol–water partition coefficient (Wildman–Crippen LogP) is 2.28. The van der Waals surface area contributed by atoms with E-state index < -0.39 is 0 Å². The van der Waals surface area contributed by atoms with Crippen molar-refractivity contribution in [2.24, 2.45) is 0 Å². The highest BCUT2D eigenvalue weighted by atomic mass is 35.5. The van der Waals surface area contributed by atoms with Crippen LogP contribution in [0.4, 0.5) is 0 Å². The van der Waals surface area contributed by atoms with Gasteiger partial charge in [0.05, 0.1) is 0 Å². The lowest BCUT2D eigenvalue weighted by molar-refractivity contribution is -0.129. The van der Waals surface area contributed by atoms with Gasteiger partial charge in [0.1, 0.15) is 0 Å². The molecule has 1 atom stereocenters. The maximum atomic E-state index is 11.8. The van der Waals surface area contributed by atoms with E-state index in [1.54, 1.807) is 0 Å². The number of likely N-dealkylation sites (N-methyl/N-ethyl adjacent to an activating group) is 1. The highest BCUT2D eigenvalue weighted by Crippen LogP contribution is 2.15. The summed E-state index contributed by atoms with van der Waals surface area (Å²) in [5.74, 6) is 0.571. The number of halogens is 1. The van der Waals surface area contributed by atoms with E-state index in [0.717, 1.165) is 13.1 Å². The molecule has 1 aromatic rings. The summed E-state index contributed by atoms with van der Waals surface area (Å²) in [6.07, 6.45) is 0.564. The largest absolute Gasteiger partial charge is 0.345 e. The summed E-state index contributed by atoms with van der Waals surface area (Å²) < 4.78 is 0. The minimum Gasteiger partial charge on any atom is -0.345 e. The molecule has 102 valence electrons. The van der Waals surface area contributed by atoms with Crippen molar-refractivity contribution < 1.29 is 4.79 Å². The number of rotatable bonds is 6. The first kappa shape index (κ1) is 16.9. The molecule has 0 radical (unpaired) electrons. The molecule has 0 bridgehead atoms. The molecule has 1 rings (SSSR count). The van der Waals surface area contributed by atoms with Gasteiger partial charge in [0.25, 0.3) is 0 Å². The van der Waals surface area contributed by atoms with E-state index in [1.165, 1.54) is 5.56 Å². The SMILES string of the molecule is CNCCC(=O)N(C)CC(C)c1ccccc1.Cl. The van der Waals surface area contributed by atoms with Crippen LogP contribution in [-0.4, -0.2) is 38.0 Å². The second-order valence-electron chi connectivity index (χ2n) is 4.44. The Morgan fingerprint density at radius 2 is 1.94 bits per heavy atom. The molecule has 1 amide bonds. The van der Waals surface area contributed by atoms with Crippen molar-refractivity contribution in [1.82, 2.24) is 10.2 Å². The van der Waals surface area contributed by atoms with E-state index in [9.17, 15) is 4.79 Å². The van der Waals surface area contributed by atoms with E-state index in [-0.39, 0.29) is 18.3 Å². The van der Waals surface area contributed by atoms with Crippen LogP contribution in [0.1, 0.15) is 24.8 Å². The molecule has 0 aliphatic heterocycles. The average molecular weight is 271 g/mol. The first-order valence-electron chi connectivity index (χ1n) is 6.08. The maximum Gasteiger partial charge on any atom is 0.223 e. The predicted molar refractivity (Wildman–Crippen MR) is 78.3 cm³/mol. The average Bonchev–Trinajstić information content (AvgIpc) is 2.36. The van der Waals surface area contributed by atoms with Crippen molar-refractivity contribution in [3.8, 4) is 0 Å². The summed E-state index contributed by atoms with van der Waals surface area (Å²) in [5, 5.41) is 2.99. The van der Waals surface area contributed by atoms with E-state index in [0.29, 0.717) is 12.3 Å². The van der Waals surface area contributed by atoms with Gasteiger partial charge in [-0.2, -0.15) is 0 Å². The molecule has 1 aromatic carbocycles. The van der Waals surface area contributed by atoms with E-state index >= 15 is 0 Å². The van der Waals surface area contributed by atoms with Crippen molar-refractivity contribution in [2.45, 2.75) is 19.3 Å². The zero-order valence-electron chi connectivity index (χ0n) is 11.3. The summed E-state index contributed by atoms with van der Waals surface area (Å²) in [7, 11) is 3.73. The Morgan fingerprint density at radius 3 is 2.50 bits per heavy atom. The molecule has 18 heavy (non-hydrogen) atoms. The van der Waals surface area contributed by atoms with E-state index in [2.05, 4.69) is 24.4 Å². The van der Waals surface area contributed by atoms with Crippen molar-refractivity contribution >= 4 is 18.3 Å². The van der Waals surface area contributed by atoms with Crippen LogP contribution in [0.5, 0.6) is 0 Å². The van der Waals surface area contributed by atoms with Gasteiger partial charge in [0.15, 0.2) is 0 Å². The van der Waals surface area contributed by atoms with Crippen LogP contribution in [0.15, 0.2) is 30.3 Å². The minimum absolute atomic E-state index is 0. The van der Waals surface area contributed by atoms with E-state index in [4.69, 9.17) is 0 Å². The molecule has 0 saturated heterocycles. The number of carbonyl (C=O) groups excluding carboxylic acids is 1. The van der Waals surface area contributed by atoms with Crippen LogP contribution in [0, 0.1) is 0 Å². The third kappa shape index (κ3) is 5.52. The molecular weight excluding hydrogens is 248 g/mol. The lowest BCUT2D eigenvalue weighted by atomic mass is 10.0. The highest BCUT2D eigenvalue weighted by Gasteiger charge is 2.12. The Balaban J connectivity index is 0.00000289. The zero-order chi connectivity index (χ0) is 12.7. The second kappa shape index (κ2) is 8.95. The normalized spacial score (nSPS) is 11.5. The van der Waals surface area contributed by atoms with Crippen molar-refractivity contribution in [2.75, 3.05) is 27.2 Å². The number of amides is 1.